The van der Waals surface area contributed by atoms with Gasteiger partial charge < -0.3 is 14.1 Å². The van der Waals surface area contributed by atoms with Crippen LogP contribution in [0.4, 0.5) is 0 Å². The number of hydrogen-bond donors (Lipinski definition) is 0. The van der Waals surface area contributed by atoms with Crippen molar-refractivity contribution >= 4 is 16.9 Å². The molecule has 1 aromatic heterocycles. The summed E-state index contributed by atoms with van der Waals surface area (Å²) < 4.78 is 11.6. The standard InChI is InChI=1S/C28H27NO3/c30-28(21-8-2-1-3-9-21)32-25-13-6-11-22(18-25)24-12-7-16-29(20-24)17-15-26-19-23-10-4-5-14-27(23)31-26/h1-6,8-11,13-14,18-19,24H,7,12,15-17,20H2. The number of benzene rings is 3. The second-order valence-corrected chi connectivity index (χ2v) is 8.47. The van der Waals surface area contributed by atoms with Gasteiger partial charge in [0.1, 0.15) is 17.1 Å². The highest BCUT2D eigenvalue weighted by Gasteiger charge is 2.22. The molecule has 0 bridgehead atoms. The number of ether oxygens (including phenoxy) is 1. The highest BCUT2D eigenvalue weighted by molar-refractivity contribution is 5.91. The number of likely N-dealkylation sites (tertiary alicyclic amines) is 1. The fraction of sp³-hybridized carbons (Fsp3) is 0.250. The first-order valence-corrected chi connectivity index (χ1v) is 11.3. The van der Waals surface area contributed by atoms with Gasteiger partial charge in [-0.2, -0.15) is 0 Å². The lowest BCUT2D eigenvalue weighted by atomic mass is 9.90. The molecule has 1 unspecified atom stereocenters. The van der Waals surface area contributed by atoms with Crippen molar-refractivity contribution < 1.29 is 13.9 Å². The van der Waals surface area contributed by atoms with Gasteiger partial charge in [-0.1, -0.05) is 48.5 Å². The van der Waals surface area contributed by atoms with Crippen LogP contribution in [0.25, 0.3) is 11.0 Å². The number of carbonyl (C=O) groups excluding carboxylic acids is 1. The molecule has 0 spiro atoms. The van der Waals surface area contributed by atoms with Gasteiger partial charge in [0.15, 0.2) is 0 Å². The van der Waals surface area contributed by atoms with Gasteiger partial charge in [-0.15, -0.1) is 0 Å². The fourth-order valence-corrected chi connectivity index (χ4v) is 4.53. The van der Waals surface area contributed by atoms with Gasteiger partial charge in [0.05, 0.1) is 5.56 Å². The molecule has 1 aliphatic rings. The predicted molar refractivity (Wildman–Crippen MR) is 126 cm³/mol. The van der Waals surface area contributed by atoms with E-state index in [0.29, 0.717) is 17.2 Å². The van der Waals surface area contributed by atoms with E-state index in [1.54, 1.807) is 12.1 Å². The first-order chi connectivity index (χ1) is 15.7. The second-order valence-electron chi connectivity index (χ2n) is 8.47. The Hall–Kier alpha value is -3.37. The molecule has 4 nitrogen and oxygen atoms in total. The number of hydrogen-bond acceptors (Lipinski definition) is 4. The Morgan fingerprint density at radius 1 is 0.969 bits per heavy atom. The number of rotatable bonds is 6. The van der Waals surface area contributed by atoms with E-state index >= 15 is 0 Å². The molecule has 0 radical (unpaired) electrons. The van der Waals surface area contributed by atoms with Crippen molar-refractivity contribution in [3.63, 3.8) is 0 Å². The molecule has 0 saturated carbocycles. The Bertz CT molecular complexity index is 1160. The molecule has 4 heteroatoms. The van der Waals surface area contributed by atoms with Gasteiger partial charge in [-0.25, -0.2) is 4.79 Å². The van der Waals surface area contributed by atoms with E-state index in [2.05, 4.69) is 23.1 Å². The van der Waals surface area contributed by atoms with Crippen LogP contribution in [0.5, 0.6) is 5.75 Å². The molecule has 0 aliphatic carbocycles. The lowest BCUT2D eigenvalue weighted by Crippen LogP contribution is -2.35. The smallest absolute Gasteiger partial charge is 0.343 e. The summed E-state index contributed by atoms with van der Waals surface area (Å²) in [4.78, 5) is 14.9. The van der Waals surface area contributed by atoms with Gasteiger partial charge in [0, 0.05) is 24.9 Å². The number of furan rings is 1. The molecule has 1 atom stereocenters. The molecule has 1 saturated heterocycles. The first-order valence-electron chi connectivity index (χ1n) is 11.3. The zero-order valence-corrected chi connectivity index (χ0v) is 18.1. The molecule has 2 heterocycles. The van der Waals surface area contributed by atoms with Gasteiger partial charge >= 0.3 is 5.97 Å². The maximum absolute atomic E-state index is 12.4. The maximum atomic E-state index is 12.4. The molecular weight excluding hydrogens is 398 g/mol. The summed E-state index contributed by atoms with van der Waals surface area (Å²) in [5.74, 6) is 1.77. The number of para-hydroxylation sites is 1. The minimum atomic E-state index is -0.321. The van der Waals surface area contributed by atoms with E-state index in [1.165, 1.54) is 17.4 Å². The van der Waals surface area contributed by atoms with E-state index in [0.717, 1.165) is 43.8 Å². The molecule has 5 rings (SSSR count). The van der Waals surface area contributed by atoms with Crippen LogP contribution in [-0.2, 0) is 6.42 Å². The van der Waals surface area contributed by atoms with E-state index in [9.17, 15) is 4.79 Å². The van der Waals surface area contributed by atoms with Crippen LogP contribution in [-0.4, -0.2) is 30.5 Å². The van der Waals surface area contributed by atoms with Gasteiger partial charge in [0.2, 0.25) is 0 Å². The van der Waals surface area contributed by atoms with Crippen LogP contribution in [0, 0.1) is 0 Å². The molecule has 3 aromatic carbocycles. The third-order valence-corrected chi connectivity index (χ3v) is 6.21. The minimum absolute atomic E-state index is 0.321. The van der Waals surface area contributed by atoms with Crippen molar-refractivity contribution in [2.75, 3.05) is 19.6 Å². The van der Waals surface area contributed by atoms with Crippen LogP contribution < -0.4 is 4.74 Å². The van der Waals surface area contributed by atoms with Crippen LogP contribution in [0.15, 0.2) is 89.3 Å². The number of fused-ring (bicyclic) bond motifs is 1. The van der Waals surface area contributed by atoms with E-state index in [-0.39, 0.29) is 5.97 Å². The lowest BCUT2D eigenvalue weighted by Gasteiger charge is -2.33. The largest absolute Gasteiger partial charge is 0.461 e. The molecular formula is C28H27NO3. The molecule has 1 fully saturated rings. The Kier molecular flexibility index (Phi) is 6.04. The van der Waals surface area contributed by atoms with Gasteiger partial charge in [-0.05, 0) is 67.3 Å². The van der Waals surface area contributed by atoms with E-state index < -0.39 is 0 Å². The van der Waals surface area contributed by atoms with Crippen LogP contribution >= 0.6 is 0 Å². The molecule has 162 valence electrons. The van der Waals surface area contributed by atoms with Crippen molar-refractivity contribution in [1.29, 1.82) is 0 Å². The Labute approximate surface area is 188 Å². The van der Waals surface area contributed by atoms with Crippen molar-refractivity contribution in [2.45, 2.75) is 25.2 Å². The minimum Gasteiger partial charge on any atom is -0.461 e. The van der Waals surface area contributed by atoms with Gasteiger partial charge in [-0.3, -0.25) is 0 Å². The third-order valence-electron chi connectivity index (χ3n) is 6.21. The van der Waals surface area contributed by atoms with Crippen molar-refractivity contribution in [3.8, 4) is 5.75 Å². The summed E-state index contributed by atoms with van der Waals surface area (Å²) in [7, 11) is 0. The van der Waals surface area contributed by atoms with Crippen LogP contribution in [0.2, 0.25) is 0 Å². The predicted octanol–water partition coefficient (Wildman–Crippen LogP) is 6.07. The summed E-state index contributed by atoms with van der Waals surface area (Å²) in [6, 6.07) is 27.4. The number of esters is 1. The SMILES string of the molecule is O=C(Oc1cccc(C2CCCN(CCc3cc4ccccc4o3)C2)c1)c1ccccc1. The Balaban J connectivity index is 1.21. The highest BCUT2D eigenvalue weighted by atomic mass is 16.5. The zero-order valence-electron chi connectivity index (χ0n) is 18.1. The van der Waals surface area contributed by atoms with Gasteiger partial charge in [0.25, 0.3) is 0 Å². The summed E-state index contributed by atoms with van der Waals surface area (Å²) in [5.41, 5.74) is 2.75. The Morgan fingerprint density at radius 2 is 1.81 bits per heavy atom. The topological polar surface area (TPSA) is 42.7 Å². The maximum Gasteiger partial charge on any atom is 0.343 e. The molecule has 1 aliphatic heterocycles. The quantitative estimate of drug-likeness (QED) is 0.278. The summed E-state index contributed by atoms with van der Waals surface area (Å²) in [6.45, 7) is 3.11. The fourth-order valence-electron chi connectivity index (χ4n) is 4.53. The van der Waals surface area contributed by atoms with Crippen molar-refractivity contribution in [1.82, 2.24) is 4.90 Å². The number of carbonyl (C=O) groups is 1. The lowest BCUT2D eigenvalue weighted by molar-refractivity contribution is 0.0734. The monoisotopic (exact) mass is 425 g/mol. The third kappa shape index (κ3) is 4.76. The number of piperidine rings is 1. The van der Waals surface area contributed by atoms with Crippen LogP contribution in [0.1, 0.15) is 40.4 Å². The molecule has 0 N–H and O–H groups in total. The van der Waals surface area contributed by atoms with Crippen molar-refractivity contribution in [3.05, 3.63) is 102 Å². The highest BCUT2D eigenvalue weighted by Crippen LogP contribution is 2.30. The first kappa shape index (κ1) is 20.5. The van der Waals surface area contributed by atoms with E-state index in [1.807, 2.05) is 54.6 Å². The molecule has 4 aromatic rings. The average Bonchev–Trinajstić information content (AvgIpc) is 3.27. The van der Waals surface area contributed by atoms with Crippen molar-refractivity contribution in [2.24, 2.45) is 0 Å². The average molecular weight is 426 g/mol. The number of nitrogens with zero attached hydrogens (tertiary/aromatic N) is 1. The van der Waals surface area contributed by atoms with E-state index in [4.69, 9.17) is 9.15 Å². The Morgan fingerprint density at radius 3 is 2.69 bits per heavy atom. The second kappa shape index (κ2) is 9.41. The summed E-state index contributed by atoms with van der Waals surface area (Å²) in [5, 5.41) is 1.17. The normalized spacial score (nSPS) is 16.8. The molecule has 32 heavy (non-hydrogen) atoms. The summed E-state index contributed by atoms with van der Waals surface area (Å²) in [6.07, 6.45) is 3.23. The zero-order chi connectivity index (χ0) is 21.8. The van der Waals surface area contributed by atoms with Crippen LogP contribution in [0.3, 0.4) is 0 Å². The summed E-state index contributed by atoms with van der Waals surface area (Å²) >= 11 is 0. The molecule has 0 amide bonds.